The van der Waals surface area contributed by atoms with Crippen LogP contribution in [-0.4, -0.2) is 43.1 Å². The number of aryl methyl sites for hydroxylation is 1. The molecule has 0 radical (unpaired) electrons. The van der Waals surface area contributed by atoms with Gasteiger partial charge >= 0.3 is 0 Å². The number of para-hydroxylation sites is 1. The zero-order valence-electron chi connectivity index (χ0n) is 13.0. The summed E-state index contributed by atoms with van der Waals surface area (Å²) in [5, 5.41) is 3.39. The molecule has 2 unspecified atom stereocenters. The number of methoxy groups -OCH3 is 1. The van der Waals surface area contributed by atoms with Crippen LogP contribution in [0.15, 0.2) is 24.3 Å². The second kappa shape index (κ2) is 8.25. The maximum absolute atomic E-state index is 12.4. The molecule has 0 spiro atoms. The summed E-state index contributed by atoms with van der Waals surface area (Å²) in [6.07, 6.45) is 1.27. The number of nitrogens with zero attached hydrogens (tertiary/aromatic N) is 1. The van der Waals surface area contributed by atoms with E-state index < -0.39 is 0 Å². The minimum absolute atomic E-state index is 0. The van der Waals surface area contributed by atoms with Gasteiger partial charge in [-0.3, -0.25) is 4.79 Å². The molecular formula is C16H25ClN2O2. The van der Waals surface area contributed by atoms with Crippen LogP contribution in [-0.2, 0) is 11.2 Å². The zero-order valence-corrected chi connectivity index (χ0v) is 13.8. The molecule has 1 amide bonds. The van der Waals surface area contributed by atoms with Crippen LogP contribution < -0.4 is 10.1 Å². The Kier molecular flexibility index (Phi) is 6.99. The normalized spacial score (nSPS) is 21.6. The summed E-state index contributed by atoms with van der Waals surface area (Å²) >= 11 is 0. The molecule has 1 aromatic carbocycles. The van der Waals surface area contributed by atoms with Gasteiger partial charge in [-0.1, -0.05) is 18.2 Å². The Bertz CT molecular complexity index is 467. The summed E-state index contributed by atoms with van der Waals surface area (Å²) in [6, 6.07) is 8.51. The minimum Gasteiger partial charge on any atom is -0.496 e. The second-order valence-corrected chi connectivity index (χ2v) is 5.38. The average molecular weight is 313 g/mol. The Labute approximate surface area is 133 Å². The molecule has 1 aliphatic heterocycles. The van der Waals surface area contributed by atoms with Crippen molar-refractivity contribution in [3.05, 3.63) is 29.8 Å². The molecule has 1 heterocycles. The van der Waals surface area contributed by atoms with Crippen LogP contribution in [0.1, 0.15) is 25.8 Å². The van der Waals surface area contributed by atoms with Gasteiger partial charge in [0.25, 0.3) is 0 Å². The summed E-state index contributed by atoms with van der Waals surface area (Å²) in [6.45, 7) is 5.92. The molecule has 1 fully saturated rings. The standard InChI is InChI=1S/C16H24N2O2.ClH/c1-12-13(2)18(11-10-17-12)16(19)9-8-14-6-4-5-7-15(14)20-3;/h4-7,12-13,17H,8-11H2,1-3H3;1H. The molecule has 2 rings (SSSR count). The van der Waals surface area contributed by atoms with E-state index in [0.29, 0.717) is 12.5 Å². The summed E-state index contributed by atoms with van der Waals surface area (Å²) in [4.78, 5) is 14.4. The number of rotatable bonds is 4. The predicted molar refractivity (Wildman–Crippen MR) is 87.2 cm³/mol. The molecule has 21 heavy (non-hydrogen) atoms. The number of nitrogens with one attached hydrogen (secondary N) is 1. The smallest absolute Gasteiger partial charge is 0.223 e. The molecule has 0 aromatic heterocycles. The number of ether oxygens (including phenoxy) is 1. The Morgan fingerprint density at radius 1 is 1.38 bits per heavy atom. The van der Waals surface area contributed by atoms with E-state index >= 15 is 0 Å². The number of carbonyl (C=O) groups excluding carboxylic acids is 1. The maximum atomic E-state index is 12.4. The van der Waals surface area contributed by atoms with Crippen LogP contribution in [0.2, 0.25) is 0 Å². The molecule has 0 aliphatic carbocycles. The van der Waals surface area contributed by atoms with E-state index in [1.165, 1.54) is 0 Å². The van der Waals surface area contributed by atoms with Crippen LogP contribution in [0.25, 0.3) is 0 Å². The molecule has 1 saturated heterocycles. The van der Waals surface area contributed by atoms with Crippen molar-refractivity contribution in [2.45, 2.75) is 38.8 Å². The van der Waals surface area contributed by atoms with Crippen LogP contribution >= 0.6 is 12.4 Å². The summed E-state index contributed by atoms with van der Waals surface area (Å²) < 4.78 is 5.33. The Morgan fingerprint density at radius 3 is 2.81 bits per heavy atom. The van der Waals surface area contributed by atoms with Gasteiger partial charge in [0.2, 0.25) is 5.91 Å². The molecule has 0 bridgehead atoms. The average Bonchev–Trinajstić information content (AvgIpc) is 2.48. The lowest BCUT2D eigenvalue weighted by Crippen LogP contribution is -2.57. The number of benzene rings is 1. The van der Waals surface area contributed by atoms with E-state index in [9.17, 15) is 4.79 Å². The van der Waals surface area contributed by atoms with Gasteiger partial charge in [0.15, 0.2) is 0 Å². The highest BCUT2D eigenvalue weighted by Crippen LogP contribution is 2.20. The highest BCUT2D eigenvalue weighted by Gasteiger charge is 2.27. The maximum Gasteiger partial charge on any atom is 0.223 e. The third-order valence-corrected chi connectivity index (χ3v) is 4.16. The van der Waals surface area contributed by atoms with Crippen LogP contribution in [0.5, 0.6) is 5.75 Å². The highest BCUT2D eigenvalue weighted by molar-refractivity contribution is 5.85. The van der Waals surface area contributed by atoms with Crippen LogP contribution in [0, 0.1) is 0 Å². The number of carbonyl (C=O) groups is 1. The van der Waals surface area contributed by atoms with E-state index in [4.69, 9.17) is 4.74 Å². The first kappa shape index (κ1) is 17.8. The quantitative estimate of drug-likeness (QED) is 0.927. The van der Waals surface area contributed by atoms with Crippen molar-refractivity contribution in [1.29, 1.82) is 0 Å². The summed E-state index contributed by atoms with van der Waals surface area (Å²) in [5.41, 5.74) is 1.10. The zero-order chi connectivity index (χ0) is 14.5. The van der Waals surface area contributed by atoms with Crippen LogP contribution in [0.3, 0.4) is 0 Å². The molecule has 0 saturated carbocycles. The van der Waals surface area contributed by atoms with Gasteiger partial charge in [0.1, 0.15) is 5.75 Å². The van der Waals surface area contributed by atoms with Crippen LogP contribution in [0.4, 0.5) is 0 Å². The van der Waals surface area contributed by atoms with Gasteiger partial charge in [-0.05, 0) is 31.9 Å². The summed E-state index contributed by atoms with van der Waals surface area (Å²) in [7, 11) is 1.67. The molecule has 1 aliphatic rings. The van der Waals surface area contributed by atoms with Gasteiger partial charge in [-0.25, -0.2) is 0 Å². The van der Waals surface area contributed by atoms with Gasteiger partial charge in [-0.2, -0.15) is 0 Å². The predicted octanol–water partition coefficient (Wildman–Crippen LogP) is 2.26. The SMILES string of the molecule is COc1ccccc1CCC(=O)N1CCNC(C)C1C.Cl. The number of halogens is 1. The molecule has 1 N–H and O–H groups in total. The minimum atomic E-state index is 0. The highest BCUT2D eigenvalue weighted by atomic mass is 35.5. The van der Waals surface area contributed by atoms with E-state index in [0.717, 1.165) is 30.8 Å². The molecule has 5 heteroatoms. The number of hydrogen-bond acceptors (Lipinski definition) is 3. The van der Waals surface area contributed by atoms with E-state index in [1.54, 1.807) is 7.11 Å². The summed E-state index contributed by atoms with van der Waals surface area (Å²) in [5.74, 6) is 1.10. The topological polar surface area (TPSA) is 41.6 Å². The van der Waals surface area contributed by atoms with Crippen molar-refractivity contribution in [1.82, 2.24) is 10.2 Å². The lowest BCUT2D eigenvalue weighted by Gasteiger charge is -2.38. The fourth-order valence-electron chi connectivity index (χ4n) is 2.70. The fraction of sp³-hybridized carbons (Fsp3) is 0.562. The Morgan fingerprint density at radius 2 is 2.10 bits per heavy atom. The number of amides is 1. The molecule has 2 atom stereocenters. The van der Waals surface area contributed by atoms with Gasteiger partial charge in [0.05, 0.1) is 7.11 Å². The van der Waals surface area contributed by atoms with Crippen molar-refractivity contribution in [3.63, 3.8) is 0 Å². The first-order valence-corrected chi connectivity index (χ1v) is 7.28. The first-order chi connectivity index (χ1) is 9.63. The first-order valence-electron chi connectivity index (χ1n) is 7.28. The Balaban J connectivity index is 0.00000220. The monoisotopic (exact) mass is 312 g/mol. The van der Waals surface area contributed by atoms with Crippen molar-refractivity contribution in [3.8, 4) is 5.75 Å². The molecule has 4 nitrogen and oxygen atoms in total. The largest absolute Gasteiger partial charge is 0.496 e. The third-order valence-electron chi connectivity index (χ3n) is 4.16. The third kappa shape index (κ3) is 4.35. The van der Waals surface area contributed by atoms with Crippen molar-refractivity contribution in [2.24, 2.45) is 0 Å². The van der Waals surface area contributed by atoms with E-state index in [1.807, 2.05) is 29.2 Å². The van der Waals surface area contributed by atoms with Crippen molar-refractivity contribution in [2.75, 3.05) is 20.2 Å². The molecule has 1 aromatic rings. The van der Waals surface area contributed by atoms with E-state index in [2.05, 4.69) is 19.2 Å². The number of piperazine rings is 1. The second-order valence-electron chi connectivity index (χ2n) is 5.38. The Hall–Kier alpha value is -1.26. The fourth-order valence-corrected chi connectivity index (χ4v) is 2.70. The van der Waals surface area contributed by atoms with E-state index in [-0.39, 0.29) is 24.4 Å². The van der Waals surface area contributed by atoms with Crippen molar-refractivity contribution < 1.29 is 9.53 Å². The van der Waals surface area contributed by atoms with Crippen molar-refractivity contribution >= 4 is 18.3 Å². The number of hydrogen-bond donors (Lipinski definition) is 1. The van der Waals surface area contributed by atoms with Gasteiger partial charge in [-0.15, -0.1) is 12.4 Å². The molecule has 118 valence electrons. The van der Waals surface area contributed by atoms with Gasteiger partial charge in [0, 0.05) is 31.6 Å². The van der Waals surface area contributed by atoms with Gasteiger partial charge < -0.3 is 15.0 Å². The lowest BCUT2D eigenvalue weighted by atomic mass is 10.0. The molecular weight excluding hydrogens is 288 g/mol. The lowest BCUT2D eigenvalue weighted by molar-refractivity contribution is -0.134.